The molecule has 164 valence electrons. The molecule has 8 nitrogen and oxygen atoms in total. The van der Waals surface area contributed by atoms with Crippen molar-refractivity contribution in [2.24, 2.45) is 0 Å². The molecule has 0 fully saturated rings. The highest BCUT2D eigenvalue weighted by atomic mass is 32.2. The number of nitrogens with zero attached hydrogens (tertiary/aromatic N) is 3. The van der Waals surface area contributed by atoms with Gasteiger partial charge in [0.25, 0.3) is 6.17 Å². The zero-order chi connectivity index (χ0) is 22.8. The van der Waals surface area contributed by atoms with Crippen LogP contribution in [0.2, 0.25) is 0 Å². The van der Waals surface area contributed by atoms with Crippen molar-refractivity contribution in [3.8, 4) is 22.8 Å². The first-order valence-corrected chi connectivity index (χ1v) is 10.9. The number of rotatable bonds is 6. The lowest BCUT2D eigenvalue weighted by atomic mass is 10.0. The Bertz CT molecular complexity index is 1260. The highest BCUT2D eigenvalue weighted by Crippen LogP contribution is 2.40. The maximum Gasteiger partial charge on any atom is 0.325 e. The van der Waals surface area contributed by atoms with Crippen molar-refractivity contribution in [3.05, 3.63) is 71.0 Å². The standard InChI is InChI=1S/C23H22N4O4S/c1-5-12-32-23-24-21(29)20-16-8-6-7-9-18(16)26(14(2)28)22(27(20)25-23)17-11-10-15(30-3)13-19(17)31-4/h5-11,13,22H,1,12H2,2-4H3/p+1/t22-/m0/s1. The van der Waals surface area contributed by atoms with Crippen molar-refractivity contribution < 1.29 is 19.0 Å². The third-order valence-electron chi connectivity index (χ3n) is 5.15. The molecule has 32 heavy (non-hydrogen) atoms. The minimum Gasteiger partial charge on any atom is -0.497 e. The number of H-pyrrole nitrogens is 1. The van der Waals surface area contributed by atoms with E-state index in [1.54, 1.807) is 42.0 Å². The summed E-state index contributed by atoms with van der Waals surface area (Å²) in [6, 6.07) is 12.7. The van der Waals surface area contributed by atoms with Crippen LogP contribution in [0.25, 0.3) is 11.3 Å². The van der Waals surface area contributed by atoms with Gasteiger partial charge in [0, 0.05) is 23.8 Å². The van der Waals surface area contributed by atoms with E-state index in [1.165, 1.54) is 18.7 Å². The Labute approximate surface area is 189 Å². The second-order valence-corrected chi connectivity index (χ2v) is 8.05. The molecule has 2 aromatic carbocycles. The molecule has 0 unspecified atom stereocenters. The van der Waals surface area contributed by atoms with Gasteiger partial charge in [-0.2, -0.15) is 0 Å². The number of fused-ring (bicyclic) bond motifs is 3. The van der Waals surface area contributed by atoms with Gasteiger partial charge >= 0.3 is 11.3 Å². The van der Waals surface area contributed by atoms with Crippen LogP contribution in [0.15, 0.2) is 65.1 Å². The van der Waals surface area contributed by atoms with E-state index < -0.39 is 6.17 Å². The molecule has 0 aliphatic carbocycles. The molecule has 1 atom stereocenters. The van der Waals surface area contributed by atoms with Gasteiger partial charge in [-0.25, -0.2) is 4.90 Å². The van der Waals surface area contributed by atoms with Crippen molar-refractivity contribution in [3.63, 3.8) is 0 Å². The highest BCUT2D eigenvalue weighted by molar-refractivity contribution is 7.99. The van der Waals surface area contributed by atoms with Crippen LogP contribution >= 0.6 is 11.8 Å². The first kappa shape index (κ1) is 21.6. The van der Waals surface area contributed by atoms with Crippen molar-refractivity contribution in [2.45, 2.75) is 18.2 Å². The summed E-state index contributed by atoms with van der Waals surface area (Å²) in [4.78, 5) is 30.6. The van der Waals surface area contributed by atoms with E-state index >= 15 is 0 Å². The summed E-state index contributed by atoms with van der Waals surface area (Å²) in [5.41, 5.74) is 1.99. The summed E-state index contributed by atoms with van der Waals surface area (Å²) in [6.07, 6.45) is 0.999. The molecule has 1 amide bonds. The molecule has 0 saturated heterocycles. The number of hydrogen-bond donors (Lipinski definition) is 1. The largest absolute Gasteiger partial charge is 0.497 e. The molecule has 0 radical (unpaired) electrons. The Kier molecular flexibility index (Phi) is 6.00. The number of aromatic amines is 1. The molecule has 1 aromatic heterocycles. The topological polar surface area (TPSA) is 88.4 Å². The number of ether oxygens (including phenoxy) is 2. The molecule has 2 heterocycles. The monoisotopic (exact) mass is 451 g/mol. The van der Waals surface area contributed by atoms with Gasteiger partial charge in [0.1, 0.15) is 11.5 Å². The molecule has 3 aromatic rings. The molecular formula is C23H23N4O4S+. The SMILES string of the molecule is C=CCSc1n[n+]2c(c(=O)[nH]1)-c1ccccc1N(C(C)=O)[C@@H]2c1ccc(OC)cc1OC. The number of para-hydroxylation sites is 1. The molecule has 0 saturated carbocycles. The Hall–Kier alpha value is -3.59. The van der Waals surface area contributed by atoms with Gasteiger partial charge in [0.2, 0.25) is 11.1 Å². The zero-order valence-electron chi connectivity index (χ0n) is 18.0. The van der Waals surface area contributed by atoms with Crippen molar-refractivity contribution in [2.75, 3.05) is 24.9 Å². The van der Waals surface area contributed by atoms with Gasteiger partial charge in [-0.15, -0.1) is 6.58 Å². The summed E-state index contributed by atoms with van der Waals surface area (Å²) in [5.74, 6) is 1.51. The number of nitrogens with one attached hydrogen (secondary N) is 1. The van der Waals surface area contributed by atoms with Crippen LogP contribution < -0.4 is 24.6 Å². The quantitative estimate of drug-likeness (QED) is 0.352. The third-order valence-corrected chi connectivity index (χ3v) is 6.01. The second-order valence-electron chi connectivity index (χ2n) is 7.04. The molecule has 4 rings (SSSR count). The molecule has 1 aliphatic heterocycles. The maximum absolute atomic E-state index is 13.2. The van der Waals surface area contributed by atoms with E-state index in [4.69, 9.17) is 14.6 Å². The Morgan fingerprint density at radius 1 is 1.28 bits per heavy atom. The van der Waals surface area contributed by atoms with Crippen LogP contribution in [-0.2, 0) is 4.79 Å². The molecule has 0 spiro atoms. The predicted molar refractivity (Wildman–Crippen MR) is 122 cm³/mol. The fraction of sp³-hybridized carbons (Fsp3) is 0.217. The number of anilines is 1. The second kappa shape index (κ2) is 8.88. The summed E-state index contributed by atoms with van der Waals surface area (Å²) < 4.78 is 12.6. The first-order chi connectivity index (χ1) is 15.5. The summed E-state index contributed by atoms with van der Waals surface area (Å²) in [7, 11) is 3.12. The minimum atomic E-state index is -0.733. The predicted octanol–water partition coefficient (Wildman–Crippen LogP) is 2.93. The number of hydrogen-bond acceptors (Lipinski definition) is 6. The number of amides is 1. The lowest BCUT2D eigenvalue weighted by Gasteiger charge is -2.31. The highest BCUT2D eigenvalue weighted by Gasteiger charge is 2.46. The van der Waals surface area contributed by atoms with Gasteiger partial charge in [-0.3, -0.25) is 14.6 Å². The third kappa shape index (κ3) is 3.64. The number of carbonyl (C=O) groups is 1. The average Bonchev–Trinajstić information content (AvgIpc) is 2.81. The average molecular weight is 452 g/mol. The van der Waals surface area contributed by atoms with E-state index in [2.05, 4.69) is 11.6 Å². The summed E-state index contributed by atoms with van der Waals surface area (Å²) in [6.45, 7) is 5.22. The van der Waals surface area contributed by atoms with E-state index in [1.807, 2.05) is 30.3 Å². The van der Waals surface area contributed by atoms with Crippen molar-refractivity contribution in [1.29, 1.82) is 0 Å². The van der Waals surface area contributed by atoms with E-state index in [0.29, 0.717) is 44.9 Å². The number of thioether (sulfide) groups is 1. The lowest BCUT2D eigenvalue weighted by molar-refractivity contribution is -0.763. The molecule has 0 bridgehead atoms. The smallest absolute Gasteiger partial charge is 0.325 e. The molecule has 9 heteroatoms. The van der Waals surface area contributed by atoms with Crippen LogP contribution in [0.5, 0.6) is 11.5 Å². The Morgan fingerprint density at radius 3 is 2.75 bits per heavy atom. The molecule has 1 N–H and O–H groups in total. The molecule has 1 aliphatic rings. The zero-order valence-corrected chi connectivity index (χ0v) is 18.8. The Balaban J connectivity index is 2.05. The number of methoxy groups -OCH3 is 2. The number of aromatic nitrogens is 3. The normalized spacial score (nSPS) is 14.3. The van der Waals surface area contributed by atoms with E-state index in [9.17, 15) is 9.59 Å². The van der Waals surface area contributed by atoms with Gasteiger partial charge in [0.05, 0.1) is 31.0 Å². The maximum atomic E-state index is 13.2. The van der Waals surface area contributed by atoms with Gasteiger partial charge < -0.3 is 9.47 Å². The fourth-order valence-corrected chi connectivity index (χ4v) is 4.41. The summed E-state index contributed by atoms with van der Waals surface area (Å²) >= 11 is 1.35. The number of benzene rings is 2. The van der Waals surface area contributed by atoms with Crippen molar-refractivity contribution >= 4 is 23.4 Å². The van der Waals surface area contributed by atoms with E-state index in [-0.39, 0.29) is 11.5 Å². The van der Waals surface area contributed by atoms with Crippen molar-refractivity contribution in [1.82, 2.24) is 10.1 Å². The summed E-state index contributed by atoms with van der Waals surface area (Å²) in [5, 5.41) is 5.14. The van der Waals surface area contributed by atoms with Gasteiger partial charge in [0.15, 0.2) is 0 Å². The molecular weight excluding hydrogens is 428 g/mol. The van der Waals surface area contributed by atoms with Crippen LogP contribution in [0.4, 0.5) is 5.69 Å². The fourth-order valence-electron chi connectivity index (χ4n) is 3.83. The minimum absolute atomic E-state index is 0.194. The first-order valence-electron chi connectivity index (χ1n) is 9.91. The van der Waals surface area contributed by atoms with Gasteiger partial charge in [-0.05, 0) is 28.9 Å². The Morgan fingerprint density at radius 2 is 2.06 bits per heavy atom. The van der Waals surface area contributed by atoms with Crippen LogP contribution in [0.3, 0.4) is 0 Å². The van der Waals surface area contributed by atoms with Crippen LogP contribution in [0.1, 0.15) is 18.7 Å². The van der Waals surface area contributed by atoms with Crippen LogP contribution in [-0.4, -0.2) is 36.0 Å². The number of carbonyl (C=O) groups excluding carboxylic acids is 1. The van der Waals surface area contributed by atoms with Gasteiger partial charge in [-0.1, -0.05) is 30.0 Å². The van der Waals surface area contributed by atoms with E-state index in [0.717, 1.165) is 0 Å². The lowest BCUT2D eigenvalue weighted by Crippen LogP contribution is -2.60. The van der Waals surface area contributed by atoms with Crippen LogP contribution in [0, 0.1) is 0 Å².